The zero-order valence-electron chi connectivity index (χ0n) is 16.2. The molecular formula is C20H22FN3O6. The molecule has 0 bridgehead atoms. The predicted octanol–water partition coefficient (Wildman–Crippen LogP) is 2.13. The van der Waals surface area contributed by atoms with E-state index in [1.54, 1.807) is 10.6 Å². The fraction of sp³-hybridized carbons (Fsp3) is 0.450. The second kappa shape index (κ2) is 7.94. The molecule has 0 atom stereocenters. The molecule has 1 aromatic carbocycles. The third kappa shape index (κ3) is 4.09. The van der Waals surface area contributed by atoms with Crippen molar-refractivity contribution in [2.45, 2.75) is 25.3 Å². The molecule has 10 heteroatoms. The molecule has 30 heavy (non-hydrogen) atoms. The van der Waals surface area contributed by atoms with Gasteiger partial charge in [-0.25, -0.2) is 9.18 Å². The fourth-order valence-electron chi connectivity index (χ4n) is 3.86. The van der Waals surface area contributed by atoms with Crippen LogP contribution in [0.3, 0.4) is 0 Å². The number of nitrogens with zero attached hydrogens (tertiary/aromatic N) is 3. The minimum atomic E-state index is -1.59. The van der Waals surface area contributed by atoms with Gasteiger partial charge in [0.1, 0.15) is 5.82 Å². The van der Waals surface area contributed by atoms with Crippen LogP contribution in [0.15, 0.2) is 23.1 Å². The van der Waals surface area contributed by atoms with Crippen LogP contribution in [0.5, 0.6) is 5.75 Å². The molecule has 2 aliphatic rings. The van der Waals surface area contributed by atoms with Gasteiger partial charge in [0, 0.05) is 38.8 Å². The third-order valence-corrected chi connectivity index (χ3v) is 5.56. The first-order valence-electron chi connectivity index (χ1n) is 9.81. The number of hydrogen-bond donors (Lipinski definition) is 2. The van der Waals surface area contributed by atoms with E-state index in [0.29, 0.717) is 43.9 Å². The summed E-state index contributed by atoms with van der Waals surface area (Å²) in [7, 11) is 0. The highest BCUT2D eigenvalue weighted by Crippen LogP contribution is 2.39. The van der Waals surface area contributed by atoms with Gasteiger partial charge in [0.25, 0.3) is 0 Å². The predicted molar refractivity (Wildman–Crippen MR) is 106 cm³/mol. The number of anilines is 1. The SMILES string of the molecule is O=C(O)CCN1CCN(c2cc3c(cc2F)c(=O)c(OC(=O)O)cn3C2CC2)CC1. The zero-order valence-corrected chi connectivity index (χ0v) is 16.2. The summed E-state index contributed by atoms with van der Waals surface area (Å²) in [6.07, 6.45) is 1.64. The summed E-state index contributed by atoms with van der Waals surface area (Å²) in [5.74, 6) is -1.74. The van der Waals surface area contributed by atoms with Crippen molar-refractivity contribution >= 4 is 28.7 Å². The van der Waals surface area contributed by atoms with Crippen LogP contribution in [0.1, 0.15) is 25.3 Å². The van der Waals surface area contributed by atoms with Crippen molar-refractivity contribution in [3.63, 3.8) is 0 Å². The molecule has 2 aromatic rings. The van der Waals surface area contributed by atoms with Crippen LogP contribution in [-0.2, 0) is 4.79 Å². The molecule has 4 rings (SSSR count). The Labute approximate surface area is 170 Å². The highest BCUT2D eigenvalue weighted by Gasteiger charge is 2.28. The number of carboxylic acid groups (broad SMARTS) is 2. The van der Waals surface area contributed by atoms with Crippen molar-refractivity contribution in [3.8, 4) is 5.75 Å². The van der Waals surface area contributed by atoms with Crippen LogP contribution in [0.4, 0.5) is 14.9 Å². The topological polar surface area (TPSA) is 112 Å². The summed E-state index contributed by atoms with van der Waals surface area (Å²) >= 11 is 0. The lowest BCUT2D eigenvalue weighted by Crippen LogP contribution is -2.47. The van der Waals surface area contributed by atoms with Gasteiger partial charge in [-0.2, -0.15) is 0 Å². The largest absolute Gasteiger partial charge is 0.511 e. The molecule has 160 valence electrons. The van der Waals surface area contributed by atoms with Gasteiger partial charge in [0.05, 0.1) is 29.2 Å². The van der Waals surface area contributed by atoms with E-state index in [9.17, 15) is 18.8 Å². The van der Waals surface area contributed by atoms with Gasteiger partial charge in [0.2, 0.25) is 5.43 Å². The number of ether oxygens (including phenoxy) is 1. The standard InChI is InChI=1S/C20H22FN3O6/c21-14-9-13-15(24(12-1-2-12)11-17(19(13)27)30-20(28)29)10-16(14)23-7-5-22(6-8-23)4-3-18(25)26/h9-12H,1-8H2,(H,25,26)(H,28,29). The maximum absolute atomic E-state index is 14.9. The number of aliphatic carboxylic acids is 1. The Balaban J connectivity index is 1.65. The number of hydrogen-bond acceptors (Lipinski definition) is 6. The molecule has 1 saturated carbocycles. The first kappa shape index (κ1) is 20.1. The second-order valence-electron chi connectivity index (χ2n) is 7.62. The van der Waals surface area contributed by atoms with E-state index in [0.717, 1.165) is 18.9 Å². The quantitative estimate of drug-likeness (QED) is 0.685. The Kier molecular flexibility index (Phi) is 5.33. The summed E-state index contributed by atoms with van der Waals surface area (Å²) in [6, 6.07) is 2.91. The molecular weight excluding hydrogens is 397 g/mol. The molecule has 0 radical (unpaired) electrons. The molecule has 1 saturated heterocycles. The number of carbonyl (C=O) groups is 2. The molecule has 0 amide bonds. The fourth-order valence-corrected chi connectivity index (χ4v) is 3.86. The molecule has 1 aromatic heterocycles. The minimum Gasteiger partial charge on any atom is -0.481 e. The van der Waals surface area contributed by atoms with Crippen molar-refractivity contribution in [1.82, 2.24) is 9.47 Å². The summed E-state index contributed by atoms with van der Waals surface area (Å²) in [4.78, 5) is 38.2. The van der Waals surface area contributed by atoms with Gasteiger partial charge in [-0.05, 0) is 25.0 Å². The summed E-state index contributed by atoms with van der Waals surface area (Å²) in [5.41, 5.74) is 0.263. The van der Waals surface area contributed by atoms with Crippen molar-refractivity contribution in [1.29, 1.82) is 0 Å². The van der Waals surface area contributed by atoms with Crippen LogP contribution in [0.2, 0.25) is 0 Å². The van der Waals surface area contributed by atoms with Gasteiger partial charge in [0.15, 0.2) is 5.75 Å². The molecule has 9 nitrogen and oxygen atoms in total. The Hall–Kier alpha value is -3.14. The molecule has 1 aliphatic carbocycles. The maximum atomic E-state index is 14.9. The van der Waals surface area contributed by atoms with Crippen molar-refractivity contribution in [3.05, 3.63) is 34.4 Å². The van der Waals surface area contributed by atoms with Gasteiger partial charge in [-0.1, -0.05) is 0 Å². The van der Waals surface area contributed by atoms with E-state index in [-0.39, 0.29) is 23.6 Å². The van der Waals surface area contributed by atoms with Crippen LogP contribution >= 0.6 is 0 Å². The Bertz CT molecular complexity index is 1060. The number of benzene rings is 1. The summed E-state index contributed by atoms with van der Waals surface area (Å²) in [5, 5.41) is 17.8. The normalized spacial score (nSPS) is 17.3. The van der Waals surface area contributed by atoms with Gasteiger partial charge < -0.3 is 24.4 Å². The lowest BCUT2D eigenvalue weighted by molar-refractivity contribution is -0.137. The lowest BCUT2D eigenvalue weighted by Gasteiger charge is -2.36. The highest BCUT2D eigenvalue weighted by molar-refractivity contribution is 5.85. The Morgan fingerprint density at radius 3 is 2.43 bits per heavy atom. The van der Waals surface area contributed by atoms with Crippen LogP contribution in [0, 0.1) is 5.82 Å². The minimum absolute atomic E-state index is 0.0682. The summed E-state index contributed by atoms with van der Waals surface area (Å²) in [6.45, 7) is 2.76. The number of fused-ring (bicyclic) bond motifs is 1. The van der Waals surface area contributed by atoms with E-state index in [1.165, 1.54) is 6.20 Å². The maximum Gasteiger partial charge on any atom is 0.511 e. The first-order valence-corrected chi connectivity index (χ1v) is 9.81. The van der Waals surface area contributed by atoms with Gasteiger partial charge in [-0.3, -0.25) is 14.5 Å². The number of piperazine rings is 1. The van der Waals surface area contributed by atoms with E-state index in [1.807, 2.05) is 9.80 Å². The molecule has 0 spiro atoms. The van der Waals surface area contributed by atoms with Gasteiger partial charge >= 0.3 is 12.1 Å². The molecule has 0 unspecified atom stereocenters. The van der Waals surface area contributed by atoms with Gasteiger partial charge in [-0.15, -0.1) is 0 Å². The van der Waals surface area contributed by atoms with E-state index >= 15 is 0 Å². The number of carboxylic acids is 1. The van der Waals surface area contributed by atoms with E-state index in [2.05, 4.69) is 4.74 Å². The average molecular weight is 419 g/mol. The molecule has 2 heterocycles. The first-order chi connectivity index (χ1) is 14.3. The van der Waals surface area contributed by atoms with Crippen LogP contribution in [-0.4, -0.2) is 64.5 Å². The second-order valence-corrected chi connectivity index (χ2v) is 7.62. The molecule has 1 aliphatic heterocycles. The van der Waals surface area contributed by atoms with Crippen LogP contribution < -0.4 is 15.1 Å². The van der Waals surface area contributed by atoms with E-state index < -0.39 is 23.4 Å². The highest BCUT2D eigenvalue weighted by atomic mass is 19.1. The zero-order chi connectivity index (χ0) is 21.4. The van der Waals surface area contributed by atoms with E-state index in [4.69, 9.17) is 10.2 Å². The van der Waals surface area contributed by atoms with Crippen molar-refractivity contribution < 1.29 is 28.9 Å². The number of pyridine rings is 1. The van der Waals surface area contributed by atoms with Crippen molar-refractivity contribution in [2.75, 3.05) is 37.6 Å². The van der Waals surface area contributed by atoms with Crippen molar-refractivity contribution in [2.24, 2.45) is 0 Å². The number of halogens is 1. The van der Waals surface area contributed by atoms with Crippen LogP contribution in [0.25, 0.3) is 10.9 Å². The molecule has 2 N–H and O–H groups in total. The molecule has 2 fully saturated rings. The Morgan fingerprint density at radius 2 is 1.83 bits per heavy atom. The number of aromatic nitrogens is 1. The average Bonchev–Trinajstić information content (AvgIpc) is 3.54. The summed E-state index contributed by atoms with van der Waals surface area (Å²) < 4.78 is 21.3. The Morgan fingerprint density at radius 1 is 1.13 bits per heavy atom. The lowest BCUT2D eigenvalue weighted by atomic mass is 10.1. The third-order valence-electron chi connectivity index (χ3n) is 5.56. The smallest absolute Gasteiger partial charge is 0.481 e. The monoisotopic (exact) mass is 419 g/mol. The number of rotatable bonds is 6.